The van der Waals surface area contributed by atoms with Crippen LogP contribution in [0.4, 0.5) is 5.69 Å². The van der Waals surface area contributed by atoms with Gasteiger partial charge in [0, 0.05) is 18.3 Å². The van der Waals surface area contributed by atoms with E-state index in [-0.39, 0.29) is 11.8 Å². The SMILES string of the molecule is CCCCN(C(=O)C(C)c1cccc(N)c1)C1CC1. The fourth-order valence-corrected chi connectivity index (χ4v) is 2.41. The maximum atomic E-state index is 12.6. The Hall–Kier alpha value is -1.51. The van der Waals surface area contributed by atoms with E-state index in [4.69, 9.17) is 5.73 Å². The molecule has 1 aliphatic rings. The summed E-state index contributed by atoms with van der Waals surface area (Å²) in [5.41, 5.74) is 7.55. The number of carbonyl (C=O) groups is 1. The first-order chi connectivity index (χ1) is 9.13. The molecular formula is C16H24N2O. The molecule has 1 fully saturated rings. The molecule has 3 heteroatoms. The number of benzene rings is 1. The quantitative estimate of drug-likeness (QED) is 0.799. The highest BCUT2D eigenvalue weighted by Crippen LogP contribution is 2.30. The predicted molar refractivity (Wildman–Crippen MR) is 78.9 cm³/mol. The highest BCUT2D eigenvalue weighted by atomic mass is 16.2. The van der Waals surface area contributed by atoms with Crippen LogP contribution in [0.1, 0.15) is 51.0 Å². The smallest absolute Gasteiger partial charge is 0.230 e. The number of amides is 1. The van der Waals surface area contributed by atoms with Gasteiger partial charge < -0.3 is 10.6 Å². The Morgan fingerprint density at radius 3 is 2.79 bits per heavy atom. The summed E-state index contributed by atoms with van der Waals surface area (Å²) >= 11 is 0. The Balaban J connectivity index is 2.07. The lowest BCUT2D eigenvalue weighted by molar-refractivity contribution is -0.133. The minimum Gasteiger partial charge on any atom is -0.399 e. The number of carbonyl (C=O) groups excluding carboxylic acids is 1. The molecule has 0 bridgehead atoms. The Kier molecular flexibility index (Phi) is 4.46. The van der Waals surface area contributed by atoms with Crippen LogP contribution in [-0.2, 0) is 4.79 Å². The summed E-state index contributed by atoms with van der Waals surface area (Å²) in [5.74, 6) is 0.155. The molecule has 2 N–H and O–H groups in total. The van der Waals surface area contributed by atoms with Gasteiger partial charge >= 0.3 is 0 Å². The Morgan fingerprint density at radius 2 is 2.21 bits per heavy atom. The number of nitrogens with two attached hydrogens (primary N) is 1. The van der Waals surface area contributed by atoms with Gasteiger partial charge in [-0.05, 0) is 43.9 Å². The lowest BCUT2D eigenvalue weighted by Crippen LogP contribution is -2.36. The first kappa shape index (κ1) is 13.9. The van der Waals surface area contributed by atoms with E-state index < -0.39 is 0 Å². The van der Waals surface area contributed by atoms with Crippen molar-refractivity contribution in [2.45, 2.75) is 51.5 Å². The molecular weight excluding hydrogens is 236 g/mol. The molecule has 2 rings (SSSR count). The molecule has 0 spiro atoms. The lowest BCUT2D eigenvalue weighted by Gasteiger charge is -2.26. The van der Waals surface area contributed by atoms with E-state index in [1.807, 2.05) is 31.2 Å². The molecule has 1 amide bonds. The van der Waals surface area contributed by atoms with E-state index in [1.165, 1.54) is 12.8 Å². The second-order valence-electron chi connectivity index (χ2n) is 5.51. The van der Waals surface area contributed by atoms with E-state index in [9.17, 15) is 4.79 Å². The summed E-state index contributed by atoms with van der Waals surface area (Å²) in [4.78, 5) is 14.7. The third-order valence-electron chi connectivity index (χ3n) is 3.80. The van der Waals surface area contributed by atoms with Gasteiger partial charge in [0.2, 0.25) is 5.91 Å². The van der Waals surface area contributed by atoms with Crippen LogP contribution in [-0.4, -0.2) is 23.4 Å². The molecule has 0 radical (unpaired) electrons. The van der Waals surface area contributed by atoms with Gasteiger partial charge in [-0.2, -0.15) is 0 Å². The van der Waals surface area contributed by atoms with E-state index in [1.54, 1.807) is 0 Å². The Bertz CT molecular complexity index is 440. The topological polar surface area (TPSA) is 46.3 Å². The largest absolute Gasteiger partial charge is 0.399 e. The van der Waals surface area contributed by atoms with Crippen molar-refractivity contribution in [3.8, 4) is 0 Å². The lowest BCUT2D eigenvalue weighted by atomic mass is 9.99. The molecule has 0 aromatic heterocycles. The second-order valence-corrected chi connectivity index (χ2v) is 5.51. The first-order valence-corrected chi connectivity index (χ1v) is 7.29. The van der Waals surface area contributed by atoms with Gasteiger partial charge in [0.25, 0.3) is 0 Å². The Labute approximate surface area is 115 Å². The van der Waals surface area contributed by atoms with Crippen molar-refractivity contribution in [1.29, 1.82) is 0 Å². The first-order valence-electron chi connectivity index (χ1n) is 7.29. The fourth-order valence-electron chi connectivity index (χ4n) is 2.41. The van der Waals surface area contributed by atoms with Crippen molar-refractivity contribution < 1.29 is 4.79 Å². The molecule has 1 aromatic carbocycles. The third-order valence-corrected chi connectivity index (χ3v) is 3.80. The van der Waals surface area contributed by atoms with Crippen LogP contribution in [0, 0.1) is 0 Å². The van der Waals surface area contributed by atoms with Crippen LogP contribution in [0.5, 0.6) is 0 Å². The summed E-state index contributed by atoms with van der Waals surface area (Å²) in [6.07, 6.45) is 4.55. The monoisotopic (exact) mass is 260 g/mol. The summed E-state index contributed by atoms with van der Waals surface area (Å²) in [5, 5.41) is 0. The van der Waals surface area contributed by atoms with Gasteiger partial charge in [0.05, 0.1) is 5.92 Å². The highest BCUT2D eigenvalue weighted by Gasteiger charge is 2.34. The van der Waals surface area contributed by atoms with Gasteiger partial charge in [0.15, 0.2) is 0 Å². The number of unbranched alkanes of at least 4 members (excludes halogenated alkanes) is 1. The number of nitrogens with zero attached hydrogens (tertiary/aromatic N) is 1. The minimum absolute atomic E-state index is 0.0963. The number of hydrogen-bond donors (Lipinski definition) is 1. The average Bonchev–Trinajstić information content (AvgIpc) is 3.22. The standard InChI is InChI=1S/C16H24N2O/c1-3-4-10-18(15-8-9-15)16(19)12(2)13-6-5-7-14(17)11-13/h5-7,11-12,15H,3-4,8-10,17H2,1-2H3. The molecule has 1 atom stereocenters. The number of nitrogen functional groups attached to an aromatic ring is 1. The molecule has 19 heavy (non-hydrogen) atoms. The van der Waals surface area contributed by atoms with Crippen molar-refractivity contribution in [2.75, 3.05) is 12.3 Å². The van der Waals surface area contributed by atoms with Crippen molar-refractivity contribution in [3.05, 3.63) is 29.8 Å². The van der Waals surface area contributed by atoms with E-state index in [0.717, 1.165) is 30.6 Å². The zero-order chi connectivity index (χ0) is 13.8. The van der Waals surface area contributed by atoms with E-state index >= 15 is 0 Å². The van der Waals surface area contributed by atoms with Gasteiger partial charge in [0.1, 0.15) is 0 Å². The van der Waals surface area contributed by atoms with Crippen LogP contribution >= 0.6 is 0 Å². The highest BCUT2D eigenvalue weighted by molar-refractivity contribution is 5.84. The molecule has 1 aliphatic carbocycles. The summed E-state index contributed by atoms with van der Waals surface area (Å²) < 4.78 is 0. The zero-order valence-electron chi connectivity index (χ0n) is 11.9. The van der Waals surface area contributed by atoms with E-state index in [0.29, 0.717) is 6.04 Å². The van der Waals surface area contributed by atoms with Crippen molar-refractivity contribution in [2.24, 2.45) is 0 Å². The molecule has 0 aliphatic heterocycles. The Morgan fingerprint density at radius 1 is 1.47 bits per heavy atom. The molecule has 3 nitrogen and oxygen atoms in total. The van der Waals surface area contributed by atoms with Gasteiger partial charge in [-0.3, -0.25) is 4.79 Å². The van der Waals surface area contributed by atoms with Gasteiger partial charge in [-0.15, -0.1) is 0 Å². The van der Waals surface area contributed by atoms with Crippen molar-refractivity contribution in [3.63, 3.8) is 0 Å². The minimum atomic E-state index is -0.0963. The predicted octanol–water partition coefficient (Wildman–Crippen LogP) is 3.16. The zero-order valence-corrected chi connectivity index (χ0v) is 11.9. The average molecular weight is 260 g/mol. The van der Waals surface area contributed by atoms with Crippen LogP contribution < -0.4 is 5.73 Å². The number of anilines is 1. The van der Waals surface area contributed by atoms with E-state index in [2.05, 4.69) is 11.8 Å². The molecule has 0 heterocycles. The summed E-state index contributed by atoms with van der Waals surface area (Å²) in [7, 11) is 0. The molecule has 1 unspecified atom stereocenters. The molecule has 0 saturated heterocycles. The van der Waals surface area contributed by atoms with Crippen LogP contribution in [0.2, 0.25) is 0 Å². The van der Waals surface area contributed by atoms with Crippen molar-refractivity contribution in [1.82, 2.24) is 4.90 Å². The van der Waals surface area contributed by atoms with Crippen LogP contribution in [0.15, 0.2) is 24.3 Å². The van der Waals surface area contributed by atoms with Gasteiger partial charge in [-0.25, -0.2) is 0 Å². The van der Waals surface area contributed by atoms with Crippen LogP contribution in [0.25, 0.3) is 0 Å². The normalized spacial score (nSPS) is 16.1. The van der Waals surface area contributed by atoms with Gasteiger partial charge in [-0.1, -0.05) is 25.5 Å². The van der Waals surface area contributed by atoms with Crippen molar-refractivity contribution >= 4 is 11.6 Å². The molecule has 1 saturated carbocycles. The van der Waals surface area contributed by atoms with Crippen LogP contribution in [0.3, 0.4) is 0 Å². The fraction of sp³-hybridized carbons (Fsp3) is 0.562. The molecule has 104 valence electrons. The second kappa shape index (κ2) is 6.09. The maximum absolute atomic E-state index is 12.6. The number of rotatable bonds is 6. The summed E-state index contributed by atoms with van der Waals surface area (Å²) in [6, 6.07) is 8.16. The number of hydrogen-bond acceptors (Lipinski definition) is 2. The molecule has 1 aromatic rings. The maximum Gasteiger partial charge on any atom is 0.230 e. The third kappa shape index (κ3) is 3.49. The summed E-state index contributed by atoms with van der Waals surface area (Å²) in [6.45, 7) is 5.04.